The largest absolute Gasteiger partial charge is 0.384 e. The summed E-state index contributed by atoms with van der Waals surface area (Å²) in [5, 5.41) is 16.0. The second kappa shape index (κ2) is 5.95. The number of nitrogens with one attached hydrogen (secondary N) is 1. The van der Waals surface area contributed by atoms with Crippen molar-refractivity contribution in [2.75, 3.05) is 6.54 Å². The zero-order valence-electron chi connectivity index (χ0n) is 13.5. The minimum absolute atomic E-state index is 0.296. The summed E-state index contributed by atoms with van der Waals surface area (Å²) in [6.07, 6.45) is 4.48. The lowest BCUT2D eigenvalue weighted by molar-refractivity contribution is 0.0565. The molecule has 1 unspecified atom stereocenters. The van der Waals surface area contributed by atoms with Gasteiger partial charge in [-0.25, -0.2) is 9.37 Å². The molecule has 3 aromatic rings. The molecule has 4 rings (SSSR count). The van der Waals surface area contributed by atoms with E-state index in [0.717, 1.165) is 4.96 Å². The van der Waals surface area contributed by atoms with Crippen LogP contribution in [-0.4, -0.2) is 21.0 Å². The van der Waals surface area contributed by atoms with Gasteiger partial charge in [-0.1, -0.05) is 12.1 Å². The van der Waals surface area contributed by atoms with Gasteiger partial charge in [0.05, 0.1) is 17.0 Å². The number of thiazole rings is 1. The highest BCUT2D eigenvalue weighted by atomic mass is 32.1. The molecule has 0 aliphatic heterocycles. The topological polar surface area (TPSA) is 49.6 Å². The Morgan fingerprint density at radius 1 is 1.38 bits per heavy atom. The van der Waals surface area contributed by atoms with Crippen LogP contribution in [0.25, 0.3) is 4.96 Å². The van der Waals surface area contributed by atoms with E-state index in [-0.39, 0.29) is 5.82 Å². The highest BCUT2D eigenvalue weighted by Gasteiger charge is 2.30. The maximum Gasteiger partial charge on any atom is 0.194 e. The fourth-order valence-electron chi connectivity index (χ4n) is 3.04. The predicted molar refractivity (Wildman–Crippen MR) is 92.7 cm³/mol. The summed E-state index contributed by atoms with van der Waals surface area (Å²) in [5.74, 6) is 0.294. The molecule has 0 bridgehead atoms. The number of halogens is 1. The number of rotatable bonds is 6. The Hall–Kier alpha value is -1.76. The standard InChI is InChI=1S/C18H20FN3OS/c1-18(23,13-4-6-14(19)7-5-13)11-20-10-15-16(12-2-3-12)21-17-22(15)8-9-24-17/h4-9,12,20,23H,2-3,10-11H2,1H3. The van der Waals surface area contributed by atoms with Gasteiger partial charge in [0.2, 0.25) is 0 Å². The number of imidazole rings is 1. The summed E-state index contributed by atoms with van der Waals surface area (Å²) < 4.78 is 15.2. The highest BCUT2D eigenvalue weighted by molar-refractivity contribution is 7.15. The number of fused-ring (bicyclic) bond motifs is 1. The molecule has 126 valence electrons. The van der Waals surface area contributed by atoms with Crippen LogP contribution >= 0.6 is 11.3 Å². The molecule has 4 nitrogen and oxygen atoms in total. The summed E-state index contributed by atoms with van der Waals surface area (Å²) >= 11 is 1.64. The van der Waals surface area contributed by atoms with Gasteiger partial charge in [0, 0.05) is 30.6 Å². The molecule has 2 aromatic heterocycles. The molecule has 2 N–H and O–H groups in total. The summed E-state index contributed by atoms with van der Waals surface area (Å²) in [5.41, 5.74) is 2.03. The van der Waals surface area contributed by atoms with Gasteiger partial charge >= 0.3 is 0 Å². The molecular formula is C18H20FN3OS. The highest BCUT2D eigenvalue weighted by Crippen LogP contribution is 2.41. The predicted octanol–water partition coefficient (Wildman–Crippen LogP) is 3.41. The zero-order chi connectivity index (χ0) is 16.7. The van der Waals surface area contributed by atoms with Crippen molar-refractivity contribution >= 4 is 16.3 Å². The molecule has 1 fully saturated rings. The van der Waals surface area contributed by atoms with Gasteiger partial charge in [-0.15, -0.1) is 11.3 Å². The second-order valence-corrected chi connectivity index (χ2v) is 7.53. The lowest BCUT2D eigenvalue weighted by Crippen LogP contribution is -2.35. The molecule has 2 heterocycles. The smallest absolute Gasteiger partial charge is 0.194 e. The van der Waals surface area contributed by atoms with E-state index in [9.17, 15) is 9.50 Å². The monoisotopic (exact) mass is 345 g/mol. The number of nitrogens with zero attached hydrogens (tertiary/aromatic N) is 2. The van der Waals surface area contributed by atoms with E-state index in [4.69, 9.17) is 4.98 Å². The van der Waals surface area contributed by atoms with Crippen LogP contribution in [0.15, 0.2) is 35.8 Å². The molecule has 1 aliphatic carbocycles. The van der Waals surface area contributed by atoms with Crippen molar-refractivity contribution in [1.29, 1.82) is 0 Å². The van der Waals surface area contributed by atoms with Crippen molar-refractivity contribution < 1.29 is 9.50 Å². The van der Waals surface area contributed by atoms with Crippen LogP contribution in [0.1, 0.15) is 42.6 Å². The Kier molecular flexibility index (Phi) is 3.90. The summed E-state index contributed by atoms with van der Waals surface area (Å²) in [7, 11) is 0. The molecule has 0 radical (unpaired) electrons. The Labute approximate surface area is 144 Å². The summed E-state index contributed by atoms with van der Waals surface area (Å²) in [4.78, 5) is 5.78. The third-order valence-corrected chi connectivity index (χ3v) is 5.34. The van der Waals surface area contributed by atoms with Crippen LogP contribution in [0.4, 0.5) is 4.39 Å². The van der Waals surface area contributed by atoms with Crippen LogP contribution < -0.4 is 5.32 Å². The fourth-order valence-corrected chi connectivity index (χ4v) is 3.78. The van der Waals surface area contributed by atoms with Crippen LogP contribution in [0.2, 0.25) is 0 Å². The van der Waals surface area contributed by atoms with E-state index in [1.165, 1.54) is 36.4 Å². The SMILES string of the molecule is CC(O)(CNCc1c(C2CC2)nc2sccn12)c1ccc(F)cc1. The second-order valence-electron chi connectivity index (χ2n) is 6.66. The normalized spacial score (nSPS) is 17.3. The van der Waals surface area contributed by atoms with E-state index < -0.39 is 5.60 Å². The zero-order valence-corrected chi connectivity index (χ0v) is 14.3. The van der Waals surface area contributed by atoms with Crippen LogP contribution in [0.3, 0.4) is 0 Å². The Morgan fingerprint density at radius 2 is 2.12 bits per heavy atom. The van der Waals surface area contributed by atoms with E-state index in [1.807, 2.05) is 11.6 Å². The first-order valence-corrected chi connectivity index (χ1v) is 9.06. The van der Waals surface area contributed by atoms with Crippen molar-refractivity contribution in [3.05, 3.63) is 58.6 Å². The number of aromatic nitrogens is 2. The molecule has 6 heteroatoms. The Morgan fingerprint density at radius 3 is 2.83 bits per heavy atom. The number of hydrogen-bond acceptors (Lipinski definition) is 4. The average Bonchev–Trinajstić information content (AvgIpc) is 3.19. The van der Waals surface area contributed by atoms with Gasteiger partial charge in [-0.05, 0) is 37.5 Å². The summed E-state index contributed by atoms with van der Waals surface area (Å²) in [6, 6.07) is 6.01. The molecule has 1 saturated carbocycles. The Bertz CT molecular complexity index is 849. The minimum Gasteiger partial charge on any atom is -0.384 e. The van der Waals surface area contributed by atoms with Crippen LogP contribution in [-0.2, 0) is 12.1 Å². The van der Waals surface area contributed by atoms with Gasteiger partial charge < -0.3 is 10.4 Å². The van der Waals surface area contributed by atoms with E-state index in [2.05, 4.69) is 9.72 Å². The lowest BCUT2D eigenvalue weighted by Gasteiger charge is -2.24. The summed E-state index contributed by atoms with van der Waals surface area (Å²) in [6.45, 7) is 2.78. The molecular weight excluding hydrogens is 325 g/mol. The van der Waals surface area contributed by atoms with E-state index >= 15 is 0 Å². The van der Waals surface area contributed by atoms with Crippen LogP contribution in [0.5, 0.6) is 0 Å². The molecule has 1 atom stereocenters. The van der Waals surface area contributed by atoms with Crippen LogP contribution in [0, 0.1) is 5.82 Å². The fraction of sp³-hybridized carbons (Fsp3) is 0.389. The lowest BCUT2D eigenvalue weighted by atomic mass is 9.96. The van der Waals surface area contributed by atoms with Crippen molar-refractivity contribution in [2.45, 2.75) is 37.8 Å². The van der Waals surface area contributed by atoms with E-state index in [0.29, 0.717) is 24.6 Å². The van der Waals surface area contributed by atoms with Gasteiger partial charge in [0.15, 0.2) is 4.96 Å². The van der Waals surface area contributed by atoms with Crippen molar-refractivity contribution in [3.63, 3.8) is 0 Å². The first-order valence-electron chi connectivity index (χ1n) is 8.18. The number of hydrogen-bond donors (Lipinski definition) is 2. The minimum atomic E-state index is -1.05. The first kappa shape index (κ1) is 15.7. The molecule has 24 heavy (non-hydrogen) atoms. The van der Waals surface area contributed by atoms with E-state index in [1.54, 1.807) is 30.4 Å². The third kappa shape index (κ3) is 2.97. The molecule has 0 spiro atoms. The molecule has 0 saturated heterocycles. The number of benzene rings is 1. The molecule has 0 amide bonds. The maximum absolute atomic E-state index is 13.1. The van der Waals surface area contributed by atoms with Gasteiger partial charge in [0.25, 0.3) is 0 Å². The van der Waals surface area contributed by atoms with Gasteiger partial charge in [0.1, 0.15) is 5.82 Å². The van der Waals surface area contributed by atoms with Gasteiger partial charge in [-0.2, -0.15) is 0 Å². The third-order valence-electron chi connectivity index (χ3n) is 4.58. The van der Waals surface area contributed by atoms with Crippen molar-refractivity contribution in [3.8, 4) is 0 Å². The molecule has 1 aliphatic rings. The quantitative estimate of drug-likeness (QED) is 0.720. The first-order chi connectivity index (χ1) is 11.5. The Balaban J connectivity index is 1.48. The molecule has 1 aromatic carbocycles. The average molecular weight is 345 g/mol. The van der Waals surface area contributed by atoms with Crippen molar-refractivity contribution in [1.82, 2.24) is 14.7 Å². The number of aliphatic hydroxyl groups is 1. The van der Waals surface area contributed by atoms with Crippen molar-refractivity contribution in [2.24, 2.45) is 0 Å². The van der Waals surface area contributed by atoms with Gasteiger partial charge in [-0.3, -0.25) is 4.40 Å². The maximum atomic E-state index is 13.1.